The predicted molar refractivity (Wildman–Crippen MR) is 59.3 cm³/mol. The Hall–Kier alpha value is -1.31. The topological polar surface area (TPSA) is 37.3 Å². The Morgan fingerprint density at radius 3 is 2.60 bits per heavy atom. The lowest BCUT2D eigenvalue weighted by molar-refractivity contribution is 0.0967. The lowest BCUT2D eigenvalue weighted by Gasteiger charge is -2.09. The van der Waals surface area contributed by atoms with E-state index in [-0.39, 0.29) is 23.4 Å². The minimum atomic E-state index is 0.233. The van der Waals surface area contributed by atoms with Crippen molar-refractivity contribution in [2.75, 3.05) is 0 Å². The van der Waals surface area contributed by atoms with Crippen LogP contribution in [0.3, 0.4) is 0 Å². The monoisotopic (exact) mass is 204 g/mol. The maximum Gasteiger partial charge on any atom is 0.165 e. The molecule has 80 valence electrons. The highest BCUT2D eigenvalue weighted by Gasteiger charge is 2.30. The van der Waals surface area contributed by atoms with E-state index in [2.05, 4.69) is 0 Å². The number of aromatic hydroxyl groups is 1. The molecule has 1 aromatic carbocycles. The second kappa shape index (κ2) is 3.69. The van der Waals surface area contributed by atoms with Crippen molar-refractivity contribution in [2.45, 2.75) is 32.6 Å². The minimum Gasteiger partial charge on any atom is -0.508 e. The summed E-state index contributed by atoms with van der Waals surface area (Å²) in [6, 6.07) is 5.19. The molecule has 15 heavy (non-hydrogen) atoms. The van der Waals surface area contributed by atoms with Crippen LogP contribution in [0.4, 0.5) is 0 Å². The van der Waals surface area contributed by atoms with Gasteiger partial charge in [-0.15, -0.1) is 0 Å². The van der Waals surface area contributed by atoms with E-state index in [0.717, 1.165) is 24.0 Å². The van der Waals surface area contributed by atoms with Crippen LogP contribution in [0.5, 0.6) is 5.75 Å². The Morgan fingerprint density at radius 1 is 1.40 bits per heavy atom. The highest BCUT2D eigenvalue weighted by Crippen LogP contribution is 2.34. The summed E-state index contributed by atoms with van der Waals surface area (Å²) in [6.07, 6.45) is 2.05. The molecule has 0 aliphatic heterocycles. The molecule has 0 unspecified atom stereocenters. The van der Waals surface area contributed by atoms with Gasteiger partial charge in [-0.3, -0.25) is 4.79 Å². The average molecular weight is 204 g/mol. The lowest BCUT2D eigenvalue weighted by atomic mass is 9.97. The van der Waals surface area contributed by atoms with E-state index in [1.54, 1.807) is 12.1 Å². The summed E-state index contributed by atoms with van der Waals surface area (Å²) >= 11 is 0. The van der Waals surface area contributed by atoms with Crippen LogP contribution in [-0.2, 0) is 0 Å². The van der Waals surface area contributed by atoms with Crippen LogP contribution in [0.25, 0.3) is 0 Å². The van der Waals surface area contributed by atoms with Crippen LogP contribution >= 0.6 is 0 Å². The third-order valence-corrected chi connectivity index (χ3v) is 2.88. The Labute approximate surface area is 89.9 Å². The molecule has 1 fully saturated rings. The highest BCUT2D eigenvalue weighted by atomic mass is 16.3. The van der Waals surface area contributed by atoms with Crippen LogP contribution in [0, 0.1) is 5.92 Å². The number of carbonyl (C=O) groups is 1. The van der Waals surface area contributed by atoms with E-state index < -0.39 is 0 Å². The first-order chi connectivity index (χ1) is 7.09. The molecule has 0 spiro atoms. The Balaban J connectivity index is 2.33. The molecule has 1 saturated carbocycles. The molecule has 1 aromatic rings. The van der Waals surface area contributed by atoms with Gasteiger partial charge in [0.15, 0.2) is 5.78 Å². The van der Waals surface area contributed by atoms with Crippen molar-refractivity contribution in [3.05, 3.63) is 29.3 Å². The van der Waals surface area contributed by atoms with Crippen molar-refractivity contribution in [2.24, 2.45) is 5.92 Å². The fourth-order valence-corrected chi connectivity index (χ4v) is 1.75. The van der Waals surface area contributed by atoms with Crippen molar-refractivity contribution in [1.29, 1.82) is 0 Å². The van der Waals surface area contributed by atoms with Gasteiger partial charge in [-0.1, -0.05) is 13.8 Å². The Bertz CT molecular complexity index is 390. The first-order valence-electron chi connectivity index (χ1n) is 5.46. The lowest BCUT2D eigenvalue weighted by Crippen LogP contribution is -2.02. The van der Waals surface area contributed by atoms with Crippen LogP contribution < -0.4 is 0 Å². The van der Waals surface area contributed by atoms with E-state index in [4.69, 9.17) is 0 Å². The molecule has 1 N–H and O–H groups in total. The quantitative estimate of drug-likeness (QED) is 0.768. The Morgan fingerprint density at radius 2 is 2.07 bits per heavy atom. The molecule has 0 aromatic heterocycles. The molecule has 0 heterocycles. The molecule has 1 aliphatic rings. The summed E-state index contributed by atoms with van der Waals surface area (Å²) < 4.78 is 0. The number of rotatable bonds is 3. The third-order valence-electron chi connectivity index (χ3n) is 2.88. The minimum absolute atomic E-state index is 0.233. The summed E-state index contributed by atoms with van der Waals surface area (Å²) in [5.74, 6) is 1.01. The number of hydrogen-bond acceptors (Lipinski definition) is 2. The summed E-state index contributed by atoms with van der Waals surface area (Å²) in [4.78, 5) is 11.8. The van der Waals surface area contributed by atoms with Crippen LogP contribution in [0.2, 0.25) is 0 Å². The van der Waals surface area contributed by atoms with E-state index in [9.17, 15) is 9.90 Å². The second-order valence-electron chi connectivity index (χ2n) is 4.57. The molecule has 0 saturated heterocycles. The molecular formula is C13H16O2. The normalized spacial score (nSPS) is 15.7. The Kier molecular flexibility index (Phi) is 2.51. The van der Waals surface area contributed by atoms with E-state index in [0.29, 0.717) is 0 Å². The van der Waals surface area contributed by atoms with Crippen LogP contribution in [0.1, 0.15) is 48.5 Å². The van der Waals surface area contributed by atoms with E-state index in [1.165, 1.54) is 0 Å². The SMILES string of the molecule is CC(C)c1cc(C(=O)C2CC2)ccc1O. The summed E-state index contributed by atoms with van der Waals surface area (Å²) in [5, 5.41) is 9.63. The zero-order valence-electron chi connectivity index (χ0n) is 9.16. The number of Topliss-reactive ketones (excluding diaryl/α,β-unsaturated/α-hetero) is 1. The highest BCUT2D eigenvalue weighted by molar-refractivity contribution is 5.99. The predicted octanol–water partition coefficient (Wildman–Crippen LogP) is 3.11. The zero-order valence-corrected chi connectivity index (χ0v) is 9.16. The van der Waals surface area contributed by atoms with Gasteiger partial charge >= 0.3 is 0 Å². The molecule has 0 radical (unpaired) electrons. The van der Waals surface area contributed by atoms with Gasteiger partial charge in [0.2, 0.25) is 0 Å². The van der Waals surface area contributed by atoms with Crippen molar-refractivity contribution >= 4 is 5.78 Å². The first-order valence-corrected chi connectivity index (χ1v) is 5.46. The molecule has 1 aliphatic carbocycles. The fourth-order valence-electron chi connectivity index (χ4n) is 1.75. The largest absolute Gasteiger partial charge is 0.508 e. The molecule has 2 rings (SSSR count). The molecule has 2 heteroatoms. The average Bonchev–Trinajstić information content (AvgIpc) is 3.00. The standard InChI is InChI=1S/C13H16O2/c1-8(2)11-7-10(5-6-12(11)14)13(15)9-3-4-9/h5-9,14H,3-4H2,1-2H3. The maximum absolute atomic E-state index is 11.8. The van der Waals surface area contributed by atoms with Crippen molar-refractivity contribution < 1.29 is 9.90 Å². The fraction of sp³-hybridized carbons (Fsp3) is 0.462. The van der Waals surface area contributed by atoms with Crippen molar-refractivity contribution in [3.63, 3.8) is 0 Å². The maximum atomic E-state index is 11.8. The summed E-state index contributed by atoms with van der Waals surface area (Å²) in [7, 11) is 0. The van der Waals surface area contributed by atoms with Gasteiger partial charge in [0.25, 0.3) is 0 Å². The van der Waals surface area contributed by atoms with Crippen LogP contribution in [0.15, 0.2) is 18.2 Å². The zero-order chi connectivity index (χ0) is 11.0. The van der Waals surface area contributed by atoms with Gasteiger partial charge < -0.3 is 5.11 Å². The number of ketones is 1. The molecular weight excluding hydrogens is 188 g/mol. The first kappa shape index (κ1) is 10.2. The van der Waals surface area contributed by atoms with Gasteiger partial charge in [-0.2, -0.15) is 0 Å². The number of benzene rings is 1. The van der Waals surface area contributed by atoms with Gasteiger partial charge in [-0.25, -0.2) is 0 Å². The summed E-state index contributed by atoms with van der Waals surface area (Å²) in [6.45, 7) is 4.03. The number of hydrogen-bond donors (Lipinski definition) is 1. The molecule has 0 bridgehead atoms. The second-order valence-corrected chi connectivity index (χ2v) is 4.57. The molecule has 2 nitrogen and oxygen atoms in total. The molecule has 0 atom stereocenters. The van der Waals surface area contributed by atoms with Gasteiger partial charge in [0.05, 0.1) is 0 Å². The van der Waals surface area contributed by atoms with Crippen molar-refractivity contribution in [3.8, 4) is 5.75 Å². The summed E-state index contributed by atoms with van der Waals surface area (Å²) in [5.41, 5.74) is 1.61. The van der Waals surface area contributed by atoms with E-state index >= 15 is 0 Å². The van der Waals surface area contributed by atoms with Crippen LogP contribution in [-0.4, -0.2) is 10.9 Å². The van der Waals surface area contributed by atoms with Gasteiger partial charge in [0, 0.05) is 11.5 Å². The number of carbonyl (C=O) groups excluding carboxylic acids is 1. The van der Waals surface area contributed by atoms with Gasteiger partial charge in [-0.05, 0) is 42.5 Å². The smallest absolute Gasteiger partial charge is 0.165 e. The molecule has 0 amide bonds. The van der Waals surface area contributed by atoms with Crippen molar-refractivity contribution in [1.82, 2.24) is 0 Å². The van der Waals surface area contributed by atoms with Gasteiger partial charge in [0.1, 0.15) is 5.75 Å². The number of phenolic OH excluding ortho intramolecular Hbond substituents is 1. The van der Waals surface area contributed by atoms with E-state index in [1.807, 2.05) is 19.9 Å². The number of phenols is 1. The third kappa shape index (κ3) is 2.04.